The standard InChI is InChI=1S/C15H30GeO2/c1-6-10-11-12-13-14(15(17)18-5)16(7-2,8-3)9-4/h13H,6-12H2,1-5H3/b14-13-. The van der Waals surface area contributed by atoms with Gasteiger partial charge in [-0.2, -0.15) is 0 Å². The third-order valence-electron chi connectivity index (χ3n) is 4.16. The van der Waals surface area contributed by atoms with E-state index in [0.717, 1.165) is 10.8 Å². The van der Waals surface area contributed by atoms with Gasteiger partial charge < -0.3 is 0 Å². The van der Waals surface area contributed by atoms with Crippen molar-refractivity contribution < 1.29 is 9.53 Å². The third-order valence-corrected chi connectivity index (χ3v) is 15.9. The number of hydrogen-bond donors (Lipinski definition) is 0. The van der Waals surface area contributed by atoms with E-state index in [1.807, 2.05) is 0 Å². The van der Waals surface area contributed by atoms with Crippen LogP contribution in [0.4, 0.5) is 0 Å². The number of carbonyl (C=O) groups is 1. The molecule has 0 rings (SSSR count). The molecule has 0 aromatic heterocycles. The average Bonchev–Trinajstić information content (AvgIpc) is 2.42. The van der Waals surface area contributed by atoms with Crippen LogP contribution < -0.4 is 0 Å². The number of rotatable bonds is 9. The number of allylic oxidation sites excluding steroid dienone is 1. The van der Waals surface area contributed by atoms with Crippen LogP contribution in [0.25, 0.3) is 0 Å². The number of ether oxygens (including phenoxy) is 1. The van der Waals surface area contributed by atoms with Crippen molar-refractivity contribution in [2.45, 2.75) is 69.1 Å². The molecule has 0 radical (unpaired) electrons. The van der Waals surface area contributed by atoms with Crippen LogP contribution in [0, 0.1) is 0 Å². The summed E-state index contributed by atoms with van der Waals surface area (Å²) in [6.45, 7) is 8.94. The summed E-state index contributed by atoms with van der Waals surface area (Å²) in [7, 11) is 1.51. The fraction of sp³-hybridized carbons (Fsp3) is 0.800. The number of esters is 1. The maximum absolute atomic E-state index is 12.1. The monoisotopic (exact) mass is 316 g/mol. The molecule has 0 amide bonds. The molecule has 0 aromatic carbocycles. The zero-order chi connectivity index (χ0) is 14.0. The second-order valence-electron chi connectivity index (χ2n) is 4.95. The van der Waals surface area contributed by atoms with E-state index in [1.165, 1.54) is 42.1 Å². The molecule has 0 aliphatic heterocycles. The number of hydrogen-bond acceptors (Lipinski definition) is 2. The SMILES string of the molecule is CCCCC/C=[C](/C(=O)OC)[Ge]([CH2]C)([CH2]C)[CH2]C. The van der Waals surface area contributed by atoms with Crippen molar-refractivity contribution >= 4 is 19.2 Å². The second-order valence-corrected chi connectivity index (χ2v) is 15.9. The van der Waals surface area contributed by atoms with Crippen molar-refractivity contribution in [3.8, 4) is 0 Å². The van der Waals surface area contributed by atoms with Crippen molar-refractivity contribution in [1.82, 2.24) is 0 Å². The van der Waals surface area contributed by atoms with E-state index in [0.29, 0.717) is 0 Å². The molecule has 0 aliphatic rings. The Labute approximate surface area is 116 Å². The van der Waals surface area contributed by atoms with Crippen LogP contribution in [0.5, 0.6) is 0 Å². The Morgan fingerprint density at radius 1 is 1.06 bits per heavy atom. The first-order valence-electron chi connectivity index (χ1n) is 7.40. The van der Waals surface area contributed by atoms with E-state index in [-0.39, 0.29) is 5.97 Å². The number of unbranched alkanes of at least 4 members (excludes halogenated alkanes) is 3. The molecule has 0 atom stereocenters. The molecule has 106 valence electrons. The summed E-state index contributed by atoms with van der Waals surface area (Å²) in [4.78, 5) is 12.1. The molecule has 0 saturated heterocycles. The van der Waals surface area contributed by atoms with Gasteiger partial charge in [0.05, 0.1) is 0 Å². The van der Waals surface area contributed by atoms with Crippen LogP contribution in [0.15, 0.2) is 10.5 Å². The van der Waals surface area contributed by atoms with Crippen molar-refractivity contribution in [1.29, 1.82) is 0 Å². The van der Waals surface area contributed by atoms with Gasteiger partial charge >= 0.3 is 115 Å². The first-order valence-corrected chi connectivity index (χ1v) is 12.9. The molecule has 2 nitrogen and oxygen atoms in total. The second kappa shape index (κ2) is 9.65. The number of carbonyl (C=O) groups excluding carboxylic acids is 1. The third kappa shape index (κ3) is 4.79. The van der Waals surface area contributed by atoms with Crippen molar-refractivity contribution in [3.05, 3.63) is 10.5 Å². The molecule has 0 N–H and O–H groups in total. The maximum atomic E-state index is 12.1. The predicted octanol–water partition coefficient (Wildman–Crippen LogP) is 4.71. The summed E-state index contributed by atoms with van der Waals surface area (Å²) in [6.07, 6.45) is 6.90. The fourth-order valence-corrected chi connectivity index (χ4v) is 10.5. The van der Waals surface area contributed by atoms with E-state index in [4.69, 9.17) is 4.74 Å². The van der Waals surface area contributed by atoms with Crippen LogP contribution in [0.1, 0.15) is 53.4 Å². The first kappa shape index (κ1) is 17.8. The van der Waals surface area contributed by atoms with Crippen LogP contribution in [-0.4, -0.2) is 26.3 Å². The summed E-state index contributed by atoms with van der Waals surface area (Å²) in [5.74, 6) is -0.0583. The Hall–Kier alpha value is -0.247. The van der Waals surface area contributed by atoms with Crippen LogP contribution >= 0.6 is 0 Å². The quantitative estimate of drug-likeness (QED) is 0.266. The number of methoxy groups -OCH3 is 1. The molecule has 0 unspecified atom stereocenters. The van der Waals surface area contributed by atoms with E-state index in [1.54, 1.807) is 0 Å². The summed E-state index contributed by atoms with van der Waals surface area (Å²) in [5, 5.41) is 3.55. The predicted molar refractivity (Wildman–Crippen MR) is 81.4 cm³/mol. The molecule has 0 heterocycles. The summed E-state index contributed by atoms with van der Waals surface area (Å²) < 4.78 is 6.10. The molecular formula is C15H30GeO2. The van der Waals surface area contributed by atoms with E-state index in [9.17, 15) is 4.79 Å². The molecule has 0 fully saturated rings. The molecular weight excluding hydrogens is 285 g/mol. The summed E-state index contributed by atoms with van der Waals surface area (Å²) in [5.41, 5.74) is 0. The normalized spacial score (nSPS) is 12.6. The minimum absolute atomic E-state index is 0.0583. The Kier molecular flexibility index (Phi) is 9.52. The Morgan fingerprint density at radius 2 is 1.61 bits per heavy atom. The van der Waals surface area contributed by atoms with Crippen molar-refractivity contribution in [3.63, 3.8) is 0 Å². The summed E-state index contributed by atoms with van der Waals surface area (Å²) >= 11 is -2.17. The van der Waals surface area contributed by atoms with Gasteiger partial charge in [-0.05, 0) is 0 Å². The average molecular weight is 315 g/mol. The Morgan fingerprint density at radius 3 is 2.00 bits per heavy atom. The van der Waals surface area contributed by atoms with Crippen LogP contribution in [0.2, 0.25) is 15.8 Å². The molecule has 0 aliphatic carbocycles. The summed E-state index contributed by atoms with van der Waals surface area (Å²) in [6, 6.07) is 0. The molecule has 0 bridgehead atoms. The van der Waals surface area contributed by atoms with E-state index < -0.39 is 13.3 Å². The molecule has 0 aromatic rings. The minimum atomic E-state index is -2.17. The zero-order valence-electron chi connectivity index (χ0n) is 12.8. The van der Waals surface area contributed by atoms with Crippen molar-refractivity contribution in [2.24, 2.45) is 0 Å². The topological polar surface area (TPSA) is 26.3 Å². The van der Waals surface area contributed by atoms with Crippen LogP contribution in [-0.2, 0) is 9.53 Å². The van der Waals surface area contributed by atoms with E-state index in [2.05, 4.69) is 33.8 Å². The van der Waals surface area contributed by atoms with Gasteiger partial charge in [0.2, 0.25) is 0 Å². The van der Waals surface area contributed by atoms with Gasteiger partial charge in [-0.1, -0.05) is 0 Å². The van der Waals surface area contributed by atoms with E-state index >= 15 is 0 Å². The van der Waals surface area contributed by atoms with Gasteiger partial charge in [-0.3, -0.25) is 0 Å². The van der Waals surface area contributed by atoms with Crippen LogP contribution in [0.3, 0.4) is 0 Å². The van der Waals surface area contributed by atoms with Gasteiger partial charge in [-0.15, -0.1) is 0 Å². The van der Waals surface area contributed by atoms with Gasteiger partial charge in [0, 0.05) is 0 Å². The van der Waals surface area contributed by atoms with Crippen molar-refractivity contribution in [2.75, 3.05) is 7.11 Å². The first-order chi connectivity index (χ1) is 8.61. The Bertz CT molecular complexity index is 259. The van der Waals surface area contributed by atoms with Gasteiger partial charge in [0.25, 0.3) is 0 Å². The molecule has 18 heavy (non-hydrogen) atoms. The molecule has 0 spiro atoms. The van der Waals surface area contributed by atoms with Gasteiger partial charge in [0.15, 0.2) is 0 Å². The molecule has 3 heteroatoms. The zero-order valence-corrected chi connectivity index (χ0v) is 14.9. The van der Waals surface area contributed by atoms with Gasteiger partial charge in [-0.25, -0.2) is 0 Å². The van der Waals surface area contributed by atoms with Gasteiger partial charge in [0.1, 0.15) is 0 Å². The Balaban J connectivity index is 5.01. The fourth-order valence-electron chi connectivity index (χ4n) is 2.59. The molecule has 0 saturated carbocycles.